The van der Waals surface area contributed by atoms with Crippen LogP contribution >= 0.6 is 39.1 Å². The van der Waals surface area contributed by atoms with E-state index >= 15 is 0 Å². The summed E-state index contributed by atoms with van der Waals surface area (Å²) in [4.78, 5) is 26.5. The highest BCUT2D eigenvalue weighted by molar-refractivity contribution is 9.10. The molecule has 3 amide bonds. The van der Waals surface area contributed by atoms with E-state index in [0.29, 0.717) is 43.9 Å². The van der Waals surface area contributed by atoms with Gasteiger partial charge in [-0.05, 0) is 61.0 Å². The summed E-state index contributed by atoms with van der Waals surface area (Å²) in [5.74, 6) is 0.535. The average Bonchev–Trinajstić information content (AvgIpc) is 3.09. The van der Waals surface area contributed by atoms with Crippen LogP contribution in [0, 0.1) is 0 Å². The maximum absolute atomic E-state index is 12.9. The Kier molecular flexibility index (Phi) is 7.46. The summed E-state index contributed by atoms with van der Waals surface area (Å²) in [5.41, 5.74) is 2.03. The summed E-state index contributed by atoms with van der Waals surface area (Å²) in [6.07, 6.45) is 1.58. The van der Waals surface area contributed by atoms with Crippen molar-refractivity contribution < 1.29 is 19.1 Å². The second-order valence-corrected chi connectivity index (χ2v) is 8.94. The van der Waals surface area contributed by atoms with Gasteiger partial charge >= 0.3 is 6.03 Å². The number of hydrogen-bond donors (Lipinski definition) is 1. The third kappa shape index (κ3) is 5.22. The van der Waals surface area contributed by atoms with Gasteiger partial charge in [0.25, 0.3) is 5.91 Å². The molecule has 1 fully saturated rings. The van der Waals surface area contributed by atoms with Gasteiger partial charge < -0.3 is 14.8 Å². The standard InChI is InChI=1S/C25H19BrCl2N2O4/c1-2-33-22-12-16(19(26)13-23(22)34-14-15-5-3-4-6-20(15)28)11-21-24(31)30(25(32)29-21)18-9-7-17(27)8-10-18/h3-13H,2,14H2,1H3,(H,29,32)/b21-11+. The monoisotopic (exact) mass is 560 g/mol. The van der Waals surface area contributed by atoms with Gasteiger partial charge in [-0.15, -0.1) is 0 Å². The third-order valence-electron chi connectivity index (χ3n) is 4.97. The van der Waals surface area contributed by atoms with Gasteiger partial charge in [-0.1, -0.05) is 57.3 Å². The lowest BCUT2D eigenvalue weighted by Gasteiger charge is -2.15. The molecule has 0 atom stereocenters. The zero-order valence-electron chi connectivity index (χ0n) is 18.0. The number of rotatable bonds is 7. The molecule has 34 heavy (non-hydrogen) atoms. The molecular formula is C25H19BrCl2N2O4. The van der Waals surface area contributed by atoms with Gasteiger partial charge in [0.1, 0.15) is 12.3 Å². The molecular weight excluding hydrogens is 543 g/mol. The first kappa shape index (κ1) is 24.1. The Labute approximate surface area is 215 Å². The molecule has 4 rings (SSSR count). The molecule has 0 saturated carbocycles. The minimum absolute atomic E-state index is 0.132. The van der Waals surface area contributed by atoms with E-state index in [9.17, 15) is 9.59 Å². The van der Waals surface area contributed by atoms with Crippen molar-refractivity contribution in [2.24, 2.45) is 0 Å². The first-order valence-corrected chi connectivity index (χ1v) is 11.9. The number of anilines is 1. The van der Waals surface area contributed by atoms with Gasteiger partial charge in [-0.25, -0.2) is 9.69 Å². The lowest BCUT2D eigenvalue weighted by Crippen LogP contribution is -2.30. The van der Waals surface area contributed by atoms with Gasteiger partial charge in [0.15, 0.2) is 11.5 Å². The minimum atomic E-state index is -0.542. The van der Waals surface area contributed by atoms with Crippen LogP contribution < -0.4 is 19.7 Å². The molecule has 9 heteroatoms. The number of carbonyl (C=O) groups is 2. The van der Waals surface area contributed by atoms with E-state index in [4.69, 9.17) is 32.7 Å². The number of nitrogens with one attached hydrogen (secondary N) is 1. The highest BCUT2D eigenvalue weighted by Crippen LogP contribution is 2.36. The Morgan fingerprint density at radius 3 is 2.41 bits per heavy atom. The second-order valence-electron chi connectivity index (χ2n) is 7.24. The Hall–Kier alpha value is -3.00. The topological polar surface area (TPSA) is 67.9 Å². The summed E-state index contributed by atoms with van der Waals surface area (Å²) in [7, 11) is 0. The first-order chi connectivity index (χ1) is 16.4. The van der Waals surface area contributed by atoms with Crippen LogP contribution in [-0.4, -0.2) is 18.5 Å². The molecule has 174 valence electrons. The van der Waals surface area contributed by atoms with Crippen LogP contribution in [0.1, 0.15) is 18.1 Å². The van der Waals surface area contributed by atoms with Gasteiger partial charge in [-0.3, -0.25) is 4.79 Å². The van der Waals surface area contributed by atoms with E-state index in [2.05, 4.69) is 21.2 Å². The van der Waals surface area contributed by atoms with Crippen molar-refractivity contribution in [3.8, 4) is 11.5 Å². The molecule has 1 N–H and O–H groups in total. The number of urea groups is 1. The molecule has 0 aliphatic carbocycles. The molecule has 3 aromatic rings. The van der Waals surface area contributed by atoms with Crippen LogP contribution in [0.5, 0.6) is 11.5 Å². The molecule has 0 aromatic heterocycles. The van der Waals surface area contributed by atoms with Crippen molar-refractivity contribution >= 4 is 62.8 Å². The van der Waals surface area contributed by atoms with Gasteiger partial charge in [-0.2, -0.15) is 0 Å². The Bertz CT molecular complexity index is 1280. The lowest BCUT2D eigenvalue weighted by atomic mass is 10.1. The maximum Gasteiger partial charge on any atom is 0.333 e. The van der Waals surface area contributed by atoms with Crippen molar-refractivity contribution in [1.82, 2.24) is 5.32 Å². The summed E-state index contributed by atoms with van der Waals surface area (Å²) in [6.45, 7) is 2.54. The number of imide groups is 1. The van der Waals surface area contributed by atoms with Crippen molar-refractivity contribution in [2.45, 2.75) is 13.5 Å². The number of amides is 3. The normalized spacial score (nSPS) is 14.5. The molecule has 0 unspecified atom stereocenters. The predicted octanol–water partition coefficient (Wildman–Crippen LogP) is 6.83. The number of carbonyl (C=O) groups excluding carboxylic acids is 2. The fourth-order valence-electron chi connectivity index (χ4n) is 3.33. The van der Waals surface area contributed by atoms with Crippen molar-refractivity contribution in [3.63, 3.8) is 0 Å². The van der Waals surface area contributed by atoms with E-state index < -0.39 is 11.9 Å². The molecule has 6 nitrogen and oxygen atoms in total. The summed E-state index contributed by atoms with van der Waals surface area (Å²) in [5, 5.41) is 3.74. The molecule has 1 aliphatic heterocycles. The summed E-state index contributed by atoms with van der Waals surface area (Å²) >= 11 is 15.7. The number of ether oxygens (including phenoxy) is 2. The zero-order chi connectivity index (χ0) is 24.2. The number of hydrogen-bond acceptors (Lipinski definition) is 4. The second kappa shape index (κ2) is 10.5. The quantitative estimate of drug-likeness (QED) is 0.253. The number of benzene rings is 3. The molecule has 0 bridgehead atoms. The van der Waals surface area contributed by atoms with Crippen molar-refractivity contribution in [3.05, 3.63) is 92.0 Å². The SMILES string of the molecule is CCOc1cc(/C=C2/NC(=O)N(c3ccc(Cl)cc3)C2=O)c(Br)cc1OCc1ccccc1Cl. The fourth-order valence-corrected chi connectivity index (χ4v) is 4.08. The smallest absolute Gasteiger partial charge is 0.333 e. The van der Waals surface area contributed by atoms with Gasteiger partial charge in [0, 0.05) is 20.1 Å². The highest BCUT2D eigenvalue weighted by Gasteiger charge is 2.35. The lowest BCUT2D eigenvalue weighted by molar-refractivity contribution is -0.113. The highest BCUT2D eigenvalue weighted by atomic mass is 79.9. The van der Waals surface area contributed by atoms with E-state index in [1.165, 1.54) is 0 Å². The van der Waals surface area contributed by atoms with Crippen LogP contribution in [0.4, 0.5) is 10.5 Å². The average molecular weight is 562 g/mol. The van der Waals surface area contributed by atoms with Crippen LogP contribution in [0.15, 0.2) is 70.8 Å². The third-order valence-corrected chi connectivity index (χ3v) is 6.27. The summed E-state index contributed by atoms with van der Waals surface area (Å²) < 4.78 is 12.4. The first-order valence-electron chi connectivity index (χ1n) is 10.3. The summed E-state index contributed by atoms with van der Waals surface area (Å²) in [6, 6.07) is 16.8. The minimum Gasteiger partial charge on any atom is -0.490 e. The van der Waals surface area contributed by atoms with Crippen LogP contribution in [0.2, 0.25) is 10.0 Å². The molecule has 3 aromatic carbocycles. The molecule has 0 radical (unpaired) electrons. The van der Waals surface area contributed by atoms with Crippen LogP contribution in [-0.2, 0) is 11.4 Å². The fraction of sp³-hybridized carbons (Fsp3) is 0.120. The van der Waals surface area contributed by atoms with E-state index in [1.54, 1.807) is 48.5 Å². The van der Waals surface area contributed by atoms with Crippen LogP contribution in [0.3, 0.4) is 0 Å². The van der Waals surface area contributed by atoms with E-state index in [1.807, 2.05) is 25.1 Å². The number of halogens is 3. The Balaban J connectivity index is 1.61. The largest absolute Gasteiger partial charge is 0.490 e. The molecule has 0 spiro atoms. The molecule has 1 saturated heterocycles. The predicted molar refractivity (Wildman–Crippen MR) is 137 cm³/mol. The number of nitrogens with zero attached hydrogens (tertiary/aromatic N) is 1. The van der Waals surface area contributed by atoms with Gasteiger partial charge in [0.05, 0.1) is 12.3 Å². The maximum atomic E-state index is 12.9. The van der Waals surface area contributed by atoms with E-state index in [-0.39, 0.29) is 12.3 Å². The molecule has 1 aliphatic rings. The molecule has 1 heterocycles. The Morgan fingerprint density at radius 1 is 1.00 bits per heavy atom. The van der Waals surface area contributed by atoms with Crippen LogP contribution in [0.25, 0.3) is 6.08 Å². The zero-order valence-corrected chi connectivity index (χ0v) is 21.1. The Morgan fingerprint density at radius 2 is 1.71 bits per heavy atom. The van der Waals surface area contributed by atoms with Crippen molar-refractivity contribution in [1.29, 1.82) is 0 Å². The van der Waals surface area contributed by atoms with Crippen molar-refractivity contribution in [2.75, 3.05) is 11.5 Å². The van der Waals surface area contributed by atoms with Gasteiger partial charge in [0.2, 0.25) is 0 Å². The van der Waals surface area contributed by atoms with E-state index in [0.717, 1.165) is 10.5 Å².